The Kier molecular flexibility index (Phi) is 3.69. The maximum atomic E-state index is 8.99. The molecule has 0 spiro atoms. The van der Waals surface area contributed by atoms with Crippen molar-refractivity contribution < 1.29 is 14.6 Å². The second-order valence-corrected chi connectivity index (χ2v) is 3.85. The van der Waals surface area contributed by atoms with Crippen LogP contribution in [0, 0.1) is 6.92 Å². The highest BCUT2D eigenvalue weighted by molar-refractivity contribution is 5.16. The number of hydrogen-bond donors (Lipinski definition) is 1. The van der Waals surface area contributed by atoms with Crippen LogP contribution in [-0.4, -0.2) is 34.4 Å². The number of nitrogens with zero attached hydrogens (tertiary/aromatic N) is 2. The van der Waals surface area contributed by atoms with Crippen molar-refractivity contribution >= 4 is 0 Å². The van der Waals surface area contributed by atoms with Crippen LogP contribution in [0.25, 0.3) is 0 Å². The predicted octanol–water partition coefficient (Wildman–Crippen LogP) is 0.835. The first kappa shape index (κ1) is 11.3. The summed E-state index contributed by atoms with van der Waals surface area (Å²) >= 11 is 0. The highest BCUT2D eigenvalue weighted by Gasteiger charge is 2.16. The quantitative estimate of drug-likeness (QED) is 0.824. The van der Waals surface area contributed by atoms with Gasteiger partial charge in [-0.05, 0) is 6.92 Å². The van der Waals surface area contributed by atoms with Crippen LogP contribution in [0.4, 0.5) is 0 Å². The number of aliphatic hydroxyl groups excluding tert-OH is 1. The zero-order chi connectivity index (χ0) is 11.4. The van der Waals surface area contributed by atoms with Gasteiger partial charge in [-0.1, -0.05) is 0 Å². The topological polar surface area (TPSA) is 64.5 Å². The van der Waals surface area contributed by atoms with E-state index >= 15 is 0 Å². The normalized spacial score (nSPS) is 17.4. The lowest BCUT2D eigenvalue weighted by atomic mass is 10.2. The van der Waals surface area contributed by atoms with Crippen molar-refractivity contribution in [2.45, 2.75) is 32.5 Å². The Morgan fingerprint density at radius 3 is 2.88 bits per heavy atom. The Hall–Kier alpha value is -1.20. The van der Waals surface area contributed by atoms with Gasteiger partial charge in [0.05, 0.1) is 25.5 Å². The van der Waals surface area contributed by atoms with E-state index in [0.717, 1.165) is 37.3 Å². The first-order chi connectivity index (χ1) is 7.79. The first-order valence-electron chi connectivity index (χ1n) is 5.47. The molecule has 5 heteroatoms. The zero-order valence-electron chi connectivity index (χ0n) is 9.35. The van der Waals surface area contributed by atoms with Crippen LogP contribution in [0.3, 0.4) is 0 Å². The highest BCUT2D eigenvalue weighted by atomic mass is 16.5. The molecule has 1 fully saturated rings. The molecular weight excluding hydrogens is 208 g/mol. The maximum absolute atomic E-state index is 8.99. The molecule has 1 aliphatic rings. The summed E-state index contributed by atoms with van der Waals surface area (Å²) in [4.78, 5) is 8.27. The summed E-state index contributed by atoms with van der Waals surface area (Å²) in [6.07, 6.45) is 3.51. The molecule has 1 aliphatic heterocycles. The van der Waals surface area contributed by atoms with Gasteiger partial charge in [0.2, 0.25) is 0 Å². The average Bonchev–Trinajstić information content (AvgIpc) is 2.31. The van der Waals surface area contributed by atoms with Gasteiger partial charge < -0.3 is 14.6 Å². The molecule has 2 heterocycles. The van der Waals surface area contributed by atoms with Gasteiger partial charge in [0.25, 0.3) is 0 Å². The van der Waals surface area contributed by atoms with Crippen molar-refractivity contribution in [1.82, 2.24) is 9.97 Å². The van der Waals surface area contributed by atoms with Gasteiger partial charge in [-0.15, -0.1) is 0 Å². The monoisotopic (exact) mass is 224 g/mol. The van der Waals surface area contributed by atoms with E-state index in [1.54, 1.807) is 6.20 Å². The van der Waals surface area contributed by atoms with Crippen LogP contribution < -0.4 is 4.74 Å². The van der Waals surface area contributed by atoms with E-state index in [1.165, 1.54) is 0 Å². The zero-order valence-corrected chi connectivity index (χ0v) is 9.35. The Morgan fingerprint density at radius 2 is 2.25 bits per heavy atom. The fourth-order valence-electron chi connectivity index (χ4n) is 1.63. The fourth-order valence-corrected chi connectivity index (χ4v) is 1.63. The lowest BCUT2D eigenvalue weighted by Gasteiger charge is -2.22. The van der Waals surface area contributed by atoms with Gasteiger partial charge in [0.1, 0.15) is 6.10 Å². The van der Waals surface area contributed by atoms with Crippen LogP contribution in [0.15, 0.2) is 6.20 Å². The van der Waals surface area contributed by atoms with E-state index in [1.807, 2.05) is 6.92 Å². The van der Waals surface area contributed by atoms with Gasteiger partial charge in [-0.2, -0.15) is 0 Å². The summed E-state index contributed by atoms with van der Waals surface area (Å²) in [5.41, 5.74) is 1.50. The van der Waals surface area contributed by atoms with Gasteiger partial charge in [-0.3, -0.25) is 0 Å². The minimum Gasteiger partial charge on any atom is -0.460 e. The van der Waals surface area contributed by atoms with Crippen LogP contribution in [-0.2, 0) is 11.3 Å². The molecule has 0 aromatic carbocycles. The van der Waals surface area contributed by atoms with Crippen LogP contribution >= 0.6 is 0 Å². The number of aryl methyl sites for hydroxylation is 1. The van der Waals surface area contributed by atoms with Crippen LogP contribution in [0.1, 0.15) is 24.1 Å². The van der Waals surface area contributed by atoms with E-state index < -0.39 is 0 Å². The van der Waals surface area contributed by atoms with Crippen LogP contribution in [0.5, 0.6) is 6.01 Å². The first-order valence-corrected chi connectivity index (χ1v) is 5.47. The molecule has 0 amide bonds. The van der Waals surface area contributed by atoms with E-state index in [0.29, 0.717) is 6.01 Å². The highest BCUT2D eigenvalue weighted by Crippen LogP contribution is 2.15. The van der Waals surface area contributed by atoms with E-state index in [-0.39, 0.29) is 12.7 Å². The smallest absolute Gasteiger partial charge is 0.316 e. The number of ether oxygens (including phenoxy) is 2. The van der Waals surface area contributed by atoms with E-state index in [2.05, 4.69) is 9.97 Å². The third-order valence-electron chi connectivity index (χ3n) is 2.67. The largest absolute Gasteiger partial charge is 0.460 e. The van der Waals surface area contributed by atoms with Crippen molar-refractivity contribution in [3.63, 3.8) is 0 Å². The van der Waals surface area contributed by atoms with Gasteiger partial charge in [0.15, 0.2) is 0 Å². The summed E-state index contributed by atoms with van der Waals surface area (Å²) in [6.45, 7) is 3.27. The summed E-state index contributed by atoms with van der Waals surface area (Å²) in [5.74, 6) is 0. The number of aliphatic hydroxyl groups is 1. The van der Waals surface area contributed by atoms with Crippen molar-refractivity contribution in [3.8, 4) is 6.01 Å². The maximum Gasteiger partial charge on any atom is 0.316 e. The molecule has 0 radical (unpaired) electrons. The minimum absolute atomic E-state index is 0.0383. The molecule has 2 rings (SSSR count). The minimum atomic E-state index is -0.0383. The Morgan fingerprint density at radius 1 is 1.50 bits per heavy atom. The molecule has 1 N–H and O–H groups in total. The van der Waals surface area contributed by atoms with Crippen molar-refractivity contribution in [2.24, 2.45) is 0 Å². The van der Waals surface area contributed by atoms with Crippen molar-refractivity contribution in [1.29, 1.82) is 0 Å². The predicted molar refractivity (Wildman–Crippen MR) is 57.2 cm³/mol. The molecule has 5 nitrogen and oxygen atoms in total. The summed E-state index contributed by atoms with van der Waals surface area (Å²) in [5, 5.41) is 8.99. The summed E-state index contributed by atoms with van der Waals surface area (Å²) < 4.78 is 10.9. The molecule has 1 aromatic rings. The second-order valence-electron chi connectivity index (χ2n) is 3.85. The Bertz CT molecular complexity index is 351. The molecule has 88 valence electrons. The fraction of sp³-hybridized carbons (Fsp3) is 0.636. The van der Waals surface area contributed by atoms with Gasteiger partial charge >= 0.3 is 6.01 Å². The molecular formula is C11H16N2O3. The molecule has 16 heavy (non-hydrogen) atoms. The lowest BCUT2D eigenvalue weighted by molar-refractivity contribution is 0.0216. The van der Waals surface area contributed by atoms with E-state index in [9.17, 15) is 0 Å². The van der Waals surface area contributed by atoms with Crippen LogP contribution in [0.2, 0.25) is 0 Å². The van der Waals surface area contributed by atoms with Crippen molar-refractivity contribution in [3.05, 3.63) is 17.5 Å². The number of hydrogen-bond acceptors (Lipinski definition) is 5. The Balaban J connectivity index is 2.01. The molecule has 0 saturated carbocycles. The third-order valence-corrected chi connectivity index (χ3v) is 2.67. The summed E-state index contributed by atoms with van der Waals surface area (Å²) in [7, 11) is 0. The SMILES string of the molecule is Cc1nc(OC2CCOCC2)ncc1CO. The van der Waals surface area contributed by atoms with Gasteiger partial charge in [-0.25, -0.2) is 9.97 Å². The molecule has 0 bridgehead atoms. The number of rotatable bonds is 3. The molecule has 1 aromatic heterocycles. The Labute approximate surface area is 94.4 Å². The van der Waals surface area contributed by atoms with E-state index in [4.69, 9.17) is 14.6 Å². The average molecular weight is 224 g/mol. The third kappa shape index (κ3) is 2.68. The number of aromatic nitrogens is 2. The molecule has 0 atom stereocenters. The van der Waals surface area contributed by atoms with Gasteiger partial charge in [0, 0.05) is 24.6 Å². The molecule has 1 saturated heterocycles. The molecule has 0 aliphatic carbocycles. The standard InChI is InChI=1S/C11H16N2O3/c1-8-9(7-14)6-12-11(13-8)16-10-2-4-15-5-3-10/h6,10,14H,2-5,7H2,1H3. The van der Waals surface area contributed by atoms with Crippen molar-refractivity contribution in [2.75, 3.05) is 13.2 Å². The molecule has 0 unspecified atom stereocenters. The second kappa shape index (κ2) is 5.23. The lowest BCUT2D eigenvalue weighted by Crippen LogP contribution is -2.26. The summed E-state index contributed by atoms with van der Waals surface area (Å²) in [6, 6.07) is 0.390.